The van der Waals surface area contributed by atoms with Crippen molar-refractivity contribution in [3.63, 3.8) is 0 Å². The molecule has 7 aromatic rings. The fourth-order valence-corrected chi connectivity index (χ4v) is 7.37. The molecular formula is C45H40. The zero-order valence-corrected chi connectivity index (χ0v) is 26.8. The van der Waals surface area contributed by atoms with Gasteiger partial charge in [-0.25, -0.2) is 0 Å². The summed E-state index contributed by atoms with van der Waals surface area (Å²) in [5.74, 6) is 0. The van der Waals surface area contributed by atoms with E-state index in [0.29, 0.717) is 0 Å². The summed E-state index contributed by atoms with van der Waals surface area (Å²) in [5.41, 5.74) is 13.5. The van der Waals surface area contributed by atoms with E-state index in [1.54, 1.807) is 0 Å². The van der Waals surface area contributed by atoms with Crippen molar-refractivity contribution in [2.24, 2.45) is 0 Å². The second-order valence-corrected chi connectivity index (χ2v) is 11.5. The van der Waals surface area contributed by atoms with E-state index in [1.165, 1.54) is 88.0 Å². The fraction of sp³-hybridized carbons (Fsp3) is 0.156. The summed E-state index contributed by atoms with van der Waals surface area (Å²) >= 11 is 0. The molecule has 0 saturated heterocycles. The number of rotatable bonds is 3. The smallest absolute Gasteiger partial charge is 0.000729 e. The van der Waals surface area contributed by atoms with Crippen LogP contribution in [-0.2, 0) is 6.42 Å². The maximum atomic E-state index is 2.39. The number of hydrogen-bond acceptors (Lipinski definition) is 0. The molecule has 7 aromatic carbocycles. The third-order valence-corrected chi connectivity index (χ3v) is 9.33. The van der Waals surface area contributed by atoms with Gasteiger partial charge in [0.25, 0.3) is 0 Å². The first-order valence-corrected chi connectivity index (χ1v) is 16.7. The second kappa shape index (κ2) is 12.2. The molecule has 0 heterocycles. The molecule has 0 radical (unpaired) electrons. The van der Waals surface area contributed by atoms with Crippen LogP contribution in [0.15, 0.2) is 133 Å². The van der Waals surface area contributed by atoms with Gasteiger partial charge in [-0.05, 0) is 107 Å². The molecule has 0 unspecified atom stereocenters. The van der Waals surface area contributed by atoms with E-state index < -0.39 is 0 Å². The lowest BCUT2D eigenvalue weighted by molar-refractivity contribution is 1.04. The van der Waals surface area contributed by atoms with Gasteiger partial charge in [0.15, 0.2) is 0 Å². The van der Waals surface area contributed by atoms with Gasteiger partial charge in [-0.1, -0.05) is 161 Å². The number of hydrogen-bond donors (Lipinski definition) is 0. The summed E-state index contributed by atoms with van der Waals surface area (Å²) in [6.45, 7) is 8.00. The Bertz CT molecular complexity index is 2210. The third kappa shape index (κ3) is 4.77. The van der Waals surface area contributed by atoms with E-state index in [2.05, 4.69) is 133 Å². The van der Waals surface area contributed by atoms with Crippen LogP contribution in [0, 0.1) is 0 Å². The highest BCUT2D eigenvalue weighted by Crippen LogP contribution is 2.44. The SMILES string of the molecule is C1=CC(c2ccc3ccc4c(-c5ccc(-c6cccc7c6Cc6ccccc6-7)cc5)ccc5ccc2c3c54)=CCC1.CC.CC. The van der Waals surface area contributed by atoms with E-state index in [1.807, 2.05) is 27.7 Å². The largest absolute Gasteiger partial charge is 0.0836 e. The van der Waals surface area contributed by atoms with Gasteiger partial charge >= 0.3 is 0 Å². The lowest BCUT2D eigenvalue weighted by Crippen LogP contribution is -1.92. The molecule has 0 amide bonds. The first kappa shape index (κ1) is 28.8. The molecule has 0 atom stereocenters. The van der Waals surface area contributed by atoms with Gasteiger partial charge in [-0.3, -0.25) is 0 Å². The van der Waals surface area contributed by atoms with Gasteiger partial charge in [0.05, 0.1) is 0 Å². The van der Waals surface area contributed by atoms with Gasteiger partial charge in [-0.15, -0.1) is 0 Å². The monoisotopic (exact) mass is 580 g/mol. The average molecular weight is 581 g/mol. The Morgan fingerprint density at radius 1 is 0.444 bits per heavy atom. The van der Waals surface area contributed by atoms with E-state index in [-0.39, 0.29) is 0 Å². The Morgan fingerprint density at radius 2 is 1.02 bits per heavy atom. The Balaban J connectivity index is 0.000000784. The zero-order chi connectivity index (χ0) is 30.9. The lowest BCUT2D eigenvalue weighted by atomic mass is 9.86. The van der Waals surface area contributed by atoms with Gasteiger partial charge in [-0.2, -0.15) is 0 Å². The van der Waals surface area contributed by atoms with Crippen molar-refractivity contribution in [2.45, 2.75) is 47.0 Å². The van der Waals surface area contributed by atoms with Crippen molar-refractivity contribution in [1.29, 1.82) is 0 Å². The zero-order valence-electron chi connectivity index (χ0n) is 26.8. The molecule has 0 N–H and O–H groups in total. The van der Waals surface area contributed by atoms with Gasteiger partial charge < -0.3 is 0 Å². The molecule has 9 rings (SSSR count). The Labute approximate surface area is 267 Å². The predicted octanol–water partition coefficient (Wildman–Crippen LogP) is 13.3. The van der Waals surface area contributed by atoms with Crippen LogP contribution in [-0.4, -0.2) is 0 Å². The molecule has 0 heteroatoms. The molecule has 0 aromatic heterocycles. The van der Waals surface area contributed by atoms with Crippen molar-refractivity contribution in [3.8, 4) is 33.4 Å². The van der Waals surface area contributed by atoms with Crippen LogP contribution in [0.2, 0.25) is 0 Å². The Hall–Kier alpha value is -4.94. The summed E-state index contributed by atoms with van der Waals surface area (Å²) in [5, 5.41) is 8.06. The van der Waals surface area contributed by atoms with Crippen LogP contribution in [0.25, 0.3) is 71.3 Å². The van der Waals surface area contributed by atoms with Crippen LogP contribution in [0.4, 0.5) is 0 Å². The highest BCUT2D eigenvalue weighted by atomic mass is 14.2. The van der Waals surface area contributed by atoms with E-state index in [4.69, 9.17) is 0 Å². The standard InChI is InChI=1S/C41H28.2C2H6/c1-2-7-26(8-3-1)34-21-17-29-20-24-38-35(22-18-30-19-23-37(34)40(29)41(30)38)28-15-13-27(14-16-28)32-11-6-12-36-33-10-5-4-9-31(33)25-39(32)36;2*1-2/h2,4-24H,1,3,25H2;2*1-2H3. The van der Waals surface area contributed by atoms with Gasteiger partial charge in [0, 0.05) is 0 Å². The van der Waals surface area contributed by atoms with E-state index in [9.17, 15) is 0 Å². The quantitative estimate of drug-likeness (QED) is 0.182. The molecule has 0 nitrogen and oxygen atoms in total. The average Bonchev–Trinajstić information content (AvgIpc) is 3.52. The van der Waals surface area contributed by atoms with Gasteiger partial charge in [0.1, 0.15) is 0 Å². The first-order valence-electron chi connectivity index (χ1n) is 16.7. The lowest BCUT2D eigenvalue weighted by Gasteiger charge is -2.17. The summed E-state index contributed by atoms with van der Waals surface area (Å²) in [6.07, 6.45) is 10.2. The van der Waals surface area contributed by atoms with Crippen molar-refractivity contribution in [2.75, 3.05) is 0 Å². The topological polar surface area (TPSA) is 0 Å². The molecule has 45 heavy (non-hydrogen) atoms. The molecule has 220 valence electrons. The minimum Gasteiger partial charge on any atom is -0.0836 e. The molecular weight excluding hydrogens is 540 g/mol. The Kier molecular flexibility index (Phi) is 7.82. The van der Waals surface area contributed by atoms with E-state index >= 15 is 0 Å². The van der Waals surface area contributed by atoms with Crippen LogP contribution < -0.4 is 0 Å². The van der Waals surface area contributed by atoms with Gasteiger partial charge in [0.2, 0.25) is 0 Å². The number of allylic oxidation sites excluding steroid dienone is 4. The van der Waals surface area contributed by atoms with Crippen molar-refractivity contribution in [1.82, 2.24) is 0 Å². The summed E-state index contributed by atoms with van der Waals surface area (Å²) in [7, 11) is 0. The van der Waals surface area contributed by atoms with Crippen LogP contribution in [0.1, 0.15) is 57.2 Å². The third-order valence-electron chi connectivity index (χ3n) is 9.33. The minimum absolute atomic E-state index is 1.01. The molecule has 2 aliphatic rings. The number of benzene rings is 7. The molecule has 0 saturated carbocycles. The van der Waals surface area contributed by atoms with Crippen LogP contribution >= 0.6 is 0 Å². The Morgan fingerprint density at radius 3 is 1.71 bits per heavy atom. The molecule has 0 fully saturated rings. The van der Waals surface area contributed by atoms with Crippen LogP contribution in [0.3, 0.4) is 0 Å². The summed E-state index contributed by atoms with van der Waals surface area (Å²) in [6, 6.07) is 43.3. The highest BCUT2D eigenvalue weighted by Gasteiger charge is 2.21. The first-order chi connectivity index (χ1) is 22.3. The normalized spacial score (nSPS) is 13.1. The highest BCUT2D eigenvalue weighted by molar-refractivity contribution is 6.27. The van der Waals surface area contributed by atoms with Crippen molar-refractivity contribution in [3.05, 3.63) is 150 Å². The maximum Gasteiger partial charge on any atom is -0.000729 e. The van der Waals surface area contributed by atoms with Crippen LogP contribution in [0.5, 0.6) is 0 Å². The fourth-order valence-electron chi connectivity index (χ4n) is 7.37. The van der Waals surface area contributed by atoms with E-state index in [0.717, 1.165) is 19.3 Å². The summed E-state index contributed by atoms with van der Waals surface area (Å²) in [4.78, 5) is 0. The molecule has 0 bridgehead atoms. The number of fused-ring (bicyclic) bond motifs is 3. The molecule has 2 aliphatic carbocycles. The summed E-state index contributed by atoms with van der Waals surface area (Å²) < 4.78 is 0. The minimum atomic E-state index is 1.01. The predicted molar refractivity (Wildman–Crippen MR) is 198 cm³/mol. The molecule has 0 spiro atoms. The molecule has 0 aliphatic heterocycles. The maximum absolute atomic E-state index is 2.39. The van der Waals surface area contributed by atoms with Crippen molar-refractivity contribution < 1.29 is 0 Å². The van der Waals surface area contributed by atoms with Crippen molar-refractivity contribution >= 4 is 37.9 Å². The second-order valence-electron chi connectivity index (χ2n) is 11.5.